The topological polar surface area (TPSA) is 62.5 Å². The highest BCUT2D eigenvalue weighted by molar-refractivity contribution is 7.09. The van der Waals surface area contributed by atoms with Gasteiger partial charge in [0.05, 0.1) is 17.1 Å². The zero-order valence-electron chi connectivity index (χ0n) is 10.8. The molecule has 0 aliphatic carbocycles. The third kappa shape index (κ3) is 3.51. The number of nitrogens with zero attached hydrogens (tertiary/aromatic N) is 3. The van der Waals surface area contributed by atoms with Gasteiger partial charge in [-0.2, -0.15) is 0 Å². The van der Waals surface area contributed by atoms with E-state index in [9.17, 15) is 4.79 Å². The fourth-order valence-electron chi connectivity index (χ4n) is 1.99. The maximum atomic E-state index is 12.1. The van der Waals surface area contributed by atoms with Crippen LogP contribution in [0.2, 0.25) is 0 Å². The summed E-state index contributed by atoms with van der Waals surface area (Å²) in [6.45, 7) is 4.19. The lowest BCUT2D eigenvalue weighted by molar-refractivity contribution is -0.132. The van der Waals surface area contributed by atoms with Gasteiger partial charge in [-0.25, -0.2) is 4.98 Å². The maximum Gasteiger partial charge on any atom is 0.228 e. The van der Waals surface area contributed by atoms with Crippen LogP contribution in [-0.2, 0) is 17.6 Å². The number of aromatic nitrogens is 1. The Labute approximate surface area is 112 Å². The molecule has 1 amide bonds. The molecule has 0 aromatic carbocycles. The first-order valence-corrected chi connectivity index (χ1v) is 7.16. The molecule has 1 saturated heterocycles. The molecule has 0 spiro atoms. The van der Waals surface area contributed by atoms with Crippen LogP contribution in [0.25, 0.3) is 0 Å². The smallest absolute Gasteiger partial charge is 0.228 e. The molecular weight excluding hydrogens is 248 g/mol. The maximum absolute atomic E-state index is 12.1. The van der Waals surface area contributed by atoms with Crippen molar-refractivity contribution in [3.8, 4) is 0 Å². The number of nitrogens with two attached hydrogens (primary N) is 1. The van der Waals surface area contributed by atoms with Crippen LogP contribution in [0.3, 0.4) is 0 Å². The van der Waals surface area contributed by atoms with Crippen LogP contribution < -0.4 is 5.73 Å². The second kappa shape index (κ2) is 6.26. The zero-order chi connectivity index (χ0) is 13.0. The van der Waals surface area contributed by atoms with E-state index in [-0.39, 0.29) is 5.91 Å². The largest absolute Gasteiger partial charge is 0.340 e. The molecule has 0 bridgehead atoms. The van der Waals surface area contributed by atoms with E-state index >= 15 is 0 Å². The van der Waals surface area contributed by atoms with Gasteiger partial charge in [-0.3, -0.25) is 4.79 Å². The summed E-state index contributed by atoms with van der Waals surface area (Å²) in [5, 5.41) is 3.00. The normalized spacial score (nSPS) is 17.1. The monoisotopic (exact) mass is 268 g/mol. The molecule has 0 radical (unpaired) electrons. The van der Waals surface area contributed by atoms with Crippen molar-refractivity contribution >= 4 is 17.2 Å². The van der Waals surface area contributed by atoms with Gasteiger partial charge in [0.25, 0.3) is 0 Å². The minimum Gasteiger partial charge on any atom is -0.340 e. The first-order chi connectivity index (χ1) is 8.69. The van der Waals surface area contributed by atoms with Crippen molar-refractivity contribution in [2.75, 3.05) is 39.8 Å². The predicted octanol–water partition coefficient (Wildman–Crippen LogP) is -0.0392. The van der Waals surface area contributed by atoms with Crippen LogP contribution in [0.1, 0.15) is 10.7 Å². The Hall–Kier alpha value is -0.980. The number of piperazine rings is 1. The first kappa shape index (κ1) is 13.5. The van der Waals surface area contributed by atoms with Crippen molar-refractivity contribution in [1.29, 1.82) is 0 Å². The molecule has 0 unspecified atom stereocenters. The number of carbonyl (C=O) groups is 1. The average molecular weight is 268 g/mol. The van der Waals surface area contributed by atoms with Gasteiger partial charge in [-0.1, -0.05) is 0 Å². The third-order valence-corrected chi connectivity index (χ3v) is 4.10. The number of likely N-dealkylation sites (N-methyl/N-ethyl adjacent to an activating group) is 1. The number of carbonyl (C=O) groups excluding carboxylic acids is 1. The summed E-state index contributed by atoms with van der Waals surface area (Å²) < 4.78 is 0. The van der Waals surface area contributed by atoms with Crippen molar-refractivity contribution in [3.05, 3.63) is 16.1 Å². The summed E-state index contributed by atoms with van der Waals surface area (Å²) in [7, 11) is 2.08. The van der Waals surface area contributed by atoms with E-state index in [0.29, 0.717) is 13.0 Å². The molecule has 2 N–H and O–H groups in total. The Kier molecular flexibility index (Phi) is 4.68. The molecule has 100 valence electrons. The van der Waals surface area contributed by atoms with Gasteiger partial charge >= 0.3 is 0 Å². The molecular formula is C12H20N4OS. The van der Waals surface area contributed by atoms with E-state index < -0.39 is 0 Å². The van der Waals surface area contributed by atoms with Crippen molar-refractivity contribution in [2.24, 2.45) is 5.73 Å². The molecule has 0 atom stereocenters. The van der Waals surface area contributed by atoms with E-state index in [0.717, 1.165) is 43.3 Å². The lowest BCUT2D eigenvalue weighted by Crippen LogP contribution is -2.47. The summed E-state index contributed by atoms with van der Waals surface area (Å²) in [6, 6.07) is 0. The van der Waals surface area contributed by atoms with Crippen LogP contribution in [0.4, 0.5) is 0 Å². The van der Waals surface area contributed by atoms with Gasteiger partial charge in [0, 0.05) is 38.0 Å². The molecule has 1 fully saturated rings. The van der Waals surface area contributed by atoms with Crippen molar-refractivity contribution in [3.63, 3.8) is 0 Å². The Balaban J connectivity index is 1.86. The van der Waals surface area contributed by atoms with Crippen LogP contribution in [0.5, 0.6) is 0 Å². The molecule has 1 aliphatic heterocycles. The number of amides is 1. The first-order valence-electron chi connectivity index (χ1n) is 6.28. The third-order valence-electron chi connectivity index (χ3n) is 3.15. The summed E-state index contributed by atoms with van der Waals surface area (Å²) in [4.78, 5) is 20.7. The van der Waals surface area contributed by atoms with Gasteiger partial charge in [-0.15, -0.1) is 11.3 Å². The Morgan fingerprint density at radius 3 is 2.83 bits per heavy atom. The van der Waals surface area contributed by atoms with E-state index in [1.54, 1.807) is 11.3 Å². The number of thiazole rings is 1. The fourth-order valence-corrected chi connectivity index (χ4v) is 2.80. The molecule has 5 nitrogen and oxygen atoms in total. The van der Waals surface area contributed by atoms with Crippen molar-refractivity contribution < 1.29 is 4.79 Å². The predicted molar refractivity (Wildman–Crippen MR) is 72.7 cm³/mol. The van der Waals surface area contributed by atoms with E-state index in [1.165, 1.54) is 0 Å². The van der Waals surface area contributed by atoms with Gasteiger partial charge < -0.3 is 15.5 Å². The summed E-state index contributed by atoms with van der Waals surface area (Å²) in [6.07, 6.45) is 1.22. The molecule has 2 heterocycles. The second-order valence-corrected chi connectivity index (χ2v) is 5.57. The van der Waals surface area contributed by atoms with E-state index in [4.69, 9.17) is 5.73 Å². The second-order valence-electron chi connectivity index (χ2n) is 4.63. The summed E-state index contributed by atoms with van der Waals surface area (Å²) in [5.74, 6) is 0.188. The lowest BCUT2D eigenvalue weighted by atomic mass is 10.2. The van der Waals surface area contributed by atoms with E-state index in [2.05, 4.69) is 16.9 Å². The quantitative estimate of drug-likeness (QED) is 0.832. The van der Waals surface area contributed by atoms with Crippen molar-refractivity contribution in [1.82, 2.24) is 14.8 Å². The van der Waals surface area contributed by atoms with Crippen LogP contribution in [0, 0.1) is 0 Å². The molecule has 6 heteroatoms. The minimum atomic E-state index is 0.188. The Bertz CT molecular complexity index is 399. The van der Waals surface area contributed by atoms with Crippen LogP contribution >= 0.6 is 11.3 Å². The van der Waals surface area contributed by atoms with Crippen LogP contribution in [-0.4, -0.2) is 60.5 Å². The highest BCUT2D eigenvalue weighted by Crippen LogP contribution is 2.12. The van der Waals surface area contributed by atoms with Crippen molar-refractivity contribution in [2.45, 2.75) is 12.8 Å². The SMILES string of the molecule is CN1CCN(C(=O)Cc2csc(CCN)n2)CC1. The van der Waals surface area contributed by atoms with E-state index in [1.807, 2.05) is 10.3 Å². The zero-order valence-corrected chi connectivity index (χ0v) is 11.6. The Morgan fingerprint density at radius 2 is 2.17 bits per heavy atom. The molecule has 0 saturated carbocycles. The fraction of sp³-hybridized carbons (Fsp3) is 0.667. The highest BCUT2D eigenvalue weighted by Gasteiger charge is 2.19. The molecule has 1 aromatic rings. The standard InChI is InChI=1S/C12H20N4OS/c1-15-4-6-16(7-5-15)12(17)8-10-9-18-11(14-10)2-3-13/h9H,2-8,13H2,1H3. The number of hydrogen-bond donors (Lipinski definition) is 1. The summed E-state index contributed by atoms with van der Waals surface area (Å²) >= 11 is 1.59. The number of rotatable bonds is 4. The van der Waals surface area contributed by atoms with Gasteiger partial charge in [0.2, 0.25) is 5.91 Å². The van der Waals surface area contributed by atoms with Gasteiger partial charge in [-0.05, 0) is 13.6 Å². The Morgan fingerprint density at radius 1 is 1.44 bits per heavy atom. The average Bonchev–Trinajstić information content (AvgIpc) is 2.78. The molecule has 1 aromatic heterocycles. The molecule has 2 rings (SSSR count). The lowest BCUT2D eigenvalue weighted by Gasteiger charge is -2.32. The van der Waals surface area contributed by atoms with Gasteiger partial charge in [0.15, 0.2) is 0 Å². The summed E-state index contributed by atoms with van der Waals surface area (Å²) in [5.41, 5.74) is 6.37. The molecule has 1 aliphatic rings. The number of hydrogen-bond acceptors (Lipinski definition) is 5. The van der Waals surface area contributed by atoms with Crippen LogP contribution in [0.15, 0.2) is 5.38 Å². The minimum absolute atomic E-state index is 0.188. The molecule has 18 heavy (non-hydrogen) atoms. The van der Waals surface area contributed by atoms with Gasteiger partial charge in [0.1, 0.15) is 0 Å². The highest BCUT2D eigenvalue weighted by atomic mass is 32.1.